The van der Waals surface area contributed by atoms with E-state index in [0.29, 0.717) is 0 Å². The smallest absolute Gasteiger partial charge is 0.293 e. The number of primary amides is 1. The Hall–Kier alpha value is -2.66. The molecule has 0 aliphatic carbocycles. The van der Waals surface area contributed by atoms with Gasteiger partial charge < -0.3 is 10.6 Å². The number of amides is 2. The monoisotopic (exact) mass is 408 g/mol. The van der Waals surface area contributed by atoms with Gasteiger partial charge in [0.1, 0.15) is 6.04 Å². The summed E-state index contributed by atoms with van der Waals surface area (Å²) in [5, 5.41) is -1.12. The molecule has 3 rings (SSSR count). The Morgan fingerprint density at radius 3 is 2.64 bits per heavy atom. The first-order valence-electron chi connectivity index (χ1n) is 8.80. The summed E-state index contributed by atoms with van der Waals surface area (Å²) in [7, 11) is -4.42. The first kappa shape index (κ1) is 20.1. The first-order valence-corrected chi connectivity index (χ1v) is 10.2. The van der Waals surface area contributed by atoms with Crippen LogP contribution in [-0.2, 0) is 24.4 Å². The molecule has 2 atom stereocenters. The molecule has 2 saturated heterocycles. The van der Waals surface area contributed by atoms with Crippen LogP contribution in [0.3, 0.4) is 0 Å². The number of nitrogens with zero attached hydrogens (tertiary/aromatic N) is 3. The van der Waals surface area contributed by atoms with E-state index < -0.39 is 45.5 Å². The van der Waals surface area contributed by atoms with Crippen molar-refractivity contribution in [1.29, 1.82) is 0 Å². The highest BCUT2D eigenvalue weighted by Gasteiger charge is 2.54. The molecular weight excluding hydrogens is 388 g/mol. The summed E-state index contributed by atoms with van der Waals surface area (Å²) in [6, 6.07) is 1.12. The standard InChI is InChI=1S/C17H20N4O6S/c18-14(23)4-1-5-15(24)20-8-6-12-16(20)13(22)10-21(12)28(26,27)17(25)11-3-2-7-19-9-11/h2-3,7,9,12,16H,1,4-6,8,10H2,(H2,18,23). The Balaban J connectivity index is 1.75. The molecule has 1 aromatic rings. The Labute approximate surface area is 161 Å². The molecule has 0 radical (unpaired) electrons. The van der Waals surface area contributed by atoms with Crippen molar-refractivity contribution in [2.75, 3.05) is 13.1 Å². The van der Waals surface area contributed by atoms with Gasteiger partial charge in [-0.25, -0.2) is 8.42 Å². The summed E-state index contributed by atoms with van der Waals surface area (Å²) in [6.07, 6.45) is 3.19. The summed E-state index contributed by atoms with van der Waals surface area (Å²) < 4.78 is 26.5. The van der Waals surface area contributed by atoms with E-state index in [1.807, 2.05) is 0 Å². The van der Waals surface area contributed by atoms with E-state index >= 15 is 0 Å². The summed E-state index contributed by atoms with van der Waals surface area (Å²) in [5.41, 5.74) is 4.97. The third-order valence-corrected chi connectivity index (χ3v) is 6.67. The fraction of sp³-hybridized carbons (Fsp3) is 0.471. The second-order valence-corrected chi connectivity index (χ2v) is 8.54. The zero-order chi connectivity index (χ0) is 20.5. The van der Waals surface area contributed by atoms with E-state index in [9.17, 15) is 27.6 Å². The van der Waals surface area contributed by atoms with Crippen LogP contribution in [0.25, 0.3) is 0 Å². The van der Waals surface area contributed by atoms with Gasteiger partial charge in [-0.15, -0.1) is 0 Å². The number of aromatic nitrogens is 1. The maximum Gasteiger partial charge on any atom is 0.293 e. The van der Waals surface area contributed by atoms with Crippen molar-refractivity contribution in [3.8, 4) is 0 Å². The molecule has 10 nitrogen and oxygen atoms in total. The van der Waals surface area contributed by atoms with Crippen molar-refractivity contribution in [1.82, 2.24) is 14.2 Å². The molecule has 11 heteroatoms. The third kappa shape index (κ3) is 3.67. The maximum absolute atomic E-state index is 12.8. The van der Waals surface area contributed by atoms with Gasteiger partial charge in [0.15, 0.2) is 5.78 Å². The number of likely N-dealkylation sites (tertiary alicyclic amines) is 1. The van der Waals surface area contributed by atoms with Crippen LogP contribution in [0.1, 0.15) is 36.0 Å². The van der Waals surface area contributed by atoms with E-state index in [0.717, 1.165) is 10.5 Å². The van der Waals surface area contributed by atoms with Crippen LogP contribution in [0, 0.1) is 0 Å². The predicted octanol–water partition coefficient (Wildman–Crippen LogP) is -0.939. The highest BCUT2D eigenvalue weighted by Crippen LogP contribution is 2.33. The van der Waals surface area contributed by atoms with Crippen molar-refractivity contribution in [3.63, 3.8) is 0 Å². The van der Waals surface area contributed by atoms with E-state index in [-0.39, 0.29) is 43.7 Å². The van der Waals surface area contributed by atoms with Crippen LogP contribution in [0.4, 0.5) is 0 Å². The minimum Gasteiger partial charge on any atom is -0.370 e. The molecular formula is C17H20N4O6S. The number of pyridine rings is 1. The molecule has 0 bridgehead atoms. The normalized spacial score (nSPS) is 22.3. The first-order chi connectivity index (χ1) is 13.2. The number of nitrogens with two attached hydrogens (primary N) is 1. The fourth-order valence-corrected chi connectivity index (χ4v) is 5.18. The topological polar surface area (TPSA) is 148 Å². The van der Waals surface area contributed by atoms with Crippen LogP contribution in [0.15, 0.2) is 24.5 Å². The summed E-state index contributed by atoms with van der Waals surface area (Å²) in [4.78, 5) is 53.2. The van der Waals surface area contributed by atoms with Crippen molar-refractivity contribution in [2.24, 2.45) is 5.73 Å². The lowest BCUT2D eigenvalue weighted by Gasteiger charge is -2.23. The number of sulfonamides is 1. The minimum absolute atomic E-state index is 0.0425. The number of fused-ring (bicyclic) bond motifs is 1. The Morgan fingerprint density at radius 2 is 2.00 bits per heavy atom. The molecule has 2 amide bonds. The quantitative estimate of drug-likeness (QED) is 0.639. The zero-order valence-corrected chi connectivity index (χ0v) is 15.8. The molecule has 28 heavy (non-hydrogen) atoms. The Bertz CT molecular complexity index is 917. The number of ketones is 1. The lowest BCUT2D eigenvalue weighted by atomic mass is 10.1. The van der Waals surface area contributed by atoms with Crippen molar-refractivity contribution in [2.45, 2.75) is 37.8 Å². The van der Waals surface area contributed by atoms with Crippen molar-refractivity contribution in [3.05, 3.63) is 30.1 Å². The molecule has 150 valence electrons. The van der Waals surface area contributed by atoms with Crippen LogP contribution in [0.2, 0.25) is 0 Å². The van der Waals surface area contributed by atoms with Gasteiger partial charge in [-0.2, -0.15) is 4.31 Å². The van der Waals surface area contributed by atoms with Gasteiger partial charge in [0.05, 0.1) is 18.2 Å². The van der Waals surface area contributed by atoms with Gasteiger partial charge in [0.25, 0.3) is 15.1 Å². The average Bonchev–Trinajstić information content (AvgIpc) is 3.23. The van der Waals surface area contributed by atoms with E-state index in [1.54, 1.807) is 0 Å². The van der Waals surface area contributed by atoms with E-state index in [1.165, 1.54) is 23.2 Å². The number of Topliss-reactive ketones (excluding diaryl/α,β-unsaturated/α-hetero) is 1. The average molecular weight is 408 g/mol. The van der Waals surface area contributed by atoms with Crippen LogP contribution in [-0.4, -0.2) is 70.5 Å². The molecule has 2 fully saturated rings. The van der Waals surface area contributed by atoms with Crippen molar-refractivity contribution >= 4 is 32.7 Å². The molecule has 1 aromatic heterocycles. The molecule has 2 aliphatic heterocycles. The number of rotatable bonds is 6. The SMILES string of the molecule is NC(=O)CCCC(=O)N1CCC2C1C(=O)CN2S(=O)(=O)C(=O)c1cccnc1. The molecule has 2 N–H and O–H groups in total. The second-order valence-electron chi connectivity index (χ2n) is 6.75. The van der Waals surface area contributed by atoms with E-state index in [2.05, 4.69) is 4.98 Å². The van der Waals surface area contributed by atoms with Crippen LogP contribution in [0.5, 0.6) is 0 Å². The Kier molecular flexibility index (Phi) is 5.57. The predicted molar refractivity (Wildman–Crippen MR) is 96.2 cm³/mol. The zero-order valence-electron chi connectivity index (χ0n) is 15.0. The summed E-state index contributed by atoms with van der Waals surface area (Å²) >= 11 is 0. The summed E-state index contributed by atoms with van der Waals surface area (Å²) in [5.74, 6) is -1.27. The molecule has 0 saturated carbocycles. The van der Waals surface area contributed by atoms with Gasteiger partial charge in [-0.1, -0.05) is 0 Å². The van der Waals surface area contributed by atoms with Crippen LogP contribution >= 0.6 is 0 Å². The fourth-order valence-electron chi connectivity index (χ4n) is 3.67. The molecule has 2 unspecified atom stereocenters. The number of carbonyl (C=O) groups excluding carboxylic acids is 4. The van der Waals surface area contributed by atoms with E-state index in [4.69, 9.17) is 5.73 Å². The van der Waals surface area contributed by atoms with Gasteiger partial charge in [-0.05, 0) is 25.0 Å². The molecule has 3 heterocycles. The minimum atomic E-state index is -4.42. The van der Waals surface area contributed by atoms with Gasteiger partial charge >= 0.3 is 0 Å². The van der Waals surface area contributed by atoms with Crippen LogP contribution < -0.4 is 5.73 Å². The Morgan fingerprint density at radius 1 is 1.25 bits per heavy atom. The number of hydrogen-bond donors (Lipinski definition) is 1. The highest BCUT2D eigenvalue weighted by atomic mass is 32.2. The molecule has 2 aliphatic rings. The summed E-state index contributed by atoms with van der Waals surface area (Å²) in [6.45, 7) is -0.238. The largest absolute Gasteiger partial charge is 0.370 e. The van der Waals surface area contributed by atoms with Gasteiger partial charge in [-0.3, -0.25) is 24.2 Å². The van der Waals surface area contributed by atoms with Crippen molar-refractivity contribution < 1.29 is 27.6 Å². The van der Waals surface area contributed by atoms with Gasteiger partial charge in [0.2, 0.25) is 11.8 Å². The maximum atomic E-state index is 12.8. The lowest BCUT2D eigenvalue weighted by Crippen LogP contribution is -2.44. The second kappa shape index (κ2) is 7.76. The highest BCUT2D eigenvalue weighted by molar-refractivity contribution is 8.04. The number of carbonyl (C=O) groups is 4. The molecule has 0 spiro atoms. The third-order valence-electron chi connectivity index (χ3n) is 4.95. The number of hydrogen-bond acceptors (Lipinski definition) is 7. The molecule has 0 aromatic carbocycles. The van der Waals surface area contributed by atoms with Gasteiger partial charge in [0, 0.05) is 31.8 Å². The lowest BCUT2D eigenvalue weighted by molar-refractivity contribution is -0.136.